The molecule has 0 saturated carbocycles. The third kappa shape index (κ3) is 40.3. The number of rotatable bonds is 37. The molecule has 0 spiro atoms. The van der Waals surface area contributed by atoms with Crippen molar-refractivity contribution in [3.8, 4) is 0 Å². The van der Waals surface area contributed by atoms with E-state index in [1.165, 1.54) is 180 Å². The molecule has 8 heteroatoms. The number of quaternary nitrogens is 1. The first kappa shape index (κ1) is 52.3. The van der Waals surface area contributed by atoms with E-state index in [0.717, 1.165) is 24.8 Å². The Balaban J connectivity index is 0. The Morgan fingerprint density at radius 3 is 0.980 bits per heavy atom. The summed E-state index contributed by atoms with van der Waals surface area (Å²) in [5.74, 6) is 0. The molecule has 51 heavy (non-hydrogen) atoms. The monoisotopic (exact) mass is 746 g/mol. The molecule has 0 rings (SSSR count). The Hall–Kier alpha value is -0.770. The van der Waals surface area contributed by atoms with E-state index in [4.69, 9.17) is 9.47 Å². The van der Waals surface area contributed by atoms with Gasteiger partial charge in [0.1, 0.15) is 0 Å². The van der Waals surface area contributed by atoms with E-state index >= 15 is 0 Å². The zero-order chi connectivity index (χ0) is 38.3. The number of allylic oxidation sites excluding steroid dienone is 4. The highest BCUT2D eigenvalue weighted by Crippen LogP contribution is 2.18. The van der Waals surface area contributed by atoms with Gasteiger partial charge in [0, 0.05) is 13.8 Å². The van der Waals surface area contributed by atoms with Crippen molar-refractivity contribution in [2.24, 2.45) is 0 Å². The molecule has 0 aliphatic rings. The first-order valence-corrected chi connectivity index (χ1v) is 22.7. The van der Waals surface area contributed by atoms with Crippen LogP contribution < -0.4 is 0 Å². The Labute approximate surface area is 319 Å². The molecule has 0 aromatic carbocycles. The molecule has 0 aliphatic heterocycles. The molecular weight excluding hydrogens is 659 g/mol. The lowest BCUT2D eigenvalue weighted by Gasteiger charge is -2.40. The predicted octanol–water partition coefficient (Wildman–Crippen LogP) is 13.0. The number of hydrogen-bond acceptors (Lipinski definition) is 6. The van der Waals surface area contributed by atoms with E-state index in [0.29, 0.717) is 0 Å². The molecular formula is C43H87NO6S. The Morgan fingerprint density at radius 1 is 0.490 bits per heavy atom. The van der Waals surface area contributed by atoms with E-state index in [2.05, 4.69) is 70.3 Å². The molecule has 0 saturated heterocycles. The standard InChI is InChI=1S/C42H84NO2.CH4O4S/c1-7-9-11-13-15-17-19-21-23-25-27-29-31-33-35-37-39-44-41(3)43(5,6)42(4)45-40-38-36-34-32-30-28-26-24-22-20-18-16-14-12-10-8-2;1-5-6(2,3)4/h21-24,41-42H,7-20,25-40H2,1-6H3;1H3,(H,2,3,4)/q+1;/p-1/b23-21-,24-22-;. The molecule has 2 unspecified atom stereocenters. The van der Waals surface area contributed by atoms with Crippen LogP contribution >= 0.6 is 0 Å². The van der Waals surface area contributed by atoms with Gasteiger partial charge in [-0.05, 0) is 64.2 Å². The molecule has 0 radical (unpaired) electrons. The average Bonchev–Trinajstić information content (AvgIpc) is 3.10. The second-order valence-corrected chi connectivity index (χ2v) is 16.2. The zero-order valence-corrected chi connectivity index (χ0v) is 35.8. The fourth-order valence-corrected chi connectivity index (χ4v) is 5.89. The minimum Gasteiger partial charge on any atom is -0.726 e. The van der Waals surface area contributed by atoms with Crippen molar-refractivity contribution in [2.75, 3.05) is 34.4 Å². The van der Waals surface area contributed by atoms with Crippen LogP contribution in [-0.2, 0) is 24.1 Å². The number of nitrogens with zero attached hydrogens (tertiary/aromatic N) is 1. The van der Waals surface area contributed by atoms with Crippen LogP contribution in [0.2, 0.25) is 0 Å². The van der Waals surface area contributed by atoms with Gasteiger partial charge in [0.05, 0.1) is 34.4 Å². The molecule has 0 N–H and O–H groups in total. The second kappa shape index (κ2) is 38.9. The SMILES string of the molecule is CCCCCCCC/C=C\CCCCCCCCOC(C)[N+](C)(C)C(C)OCCCCCCCC/C=C\CCCCCCCC.COS(=O)(=O)[O-]. The van der Waals surface area contributed by atoms with Gasteiger partial charge in [-0.3, -0.25) is 8.67 Å². The summed E-state index contributed by atoms with van der Waals surface area (Å²) >= 11 is 0. The summed E-state index contributed by atoms with van der Waals surface area (Å²) in [5, 5.41) is 0. The molecule has 0 fully saturated rings. The summed E-state index contributed by atoms with van der Waals surface area (Å²) in [6, 6.07) is 0. The van der Waals surface area contributed by atoms with Crippen LogP contribution in [0.25, 0.3) is 0 Å². The van der Waals surface area contributed by atoms with Gasteiger partial charge in [-0.1, -0.05) is 154 Å². The molecule has 306 valence electrons. The minimum atomic E-state index is -4.41. The van der Waals surface area contributed by atoms with Crippen LogP contribution in [0.5, 0.6) is 0 Å². The summed E-state index contributed by atoms with van der Waals surface area (Å²) in [4.78, 5) is 0. The van der Waals surface area contributed by atoms with Crippen molar-refractivity contribution in [3.05, 3.63) is 24.3 Å². The minimum absolute atomic E-state index is 0.156. The van der Waals surface area contributed by atoms with E-state index in [-0.39, 0.29) is 12.5 Å². The van der Waals surface area contributed by atoms with Crippen LogP contribution in [0.15, 0.2) is 24.3 Å². The predicted molar refractivity (Wildman–Crippen MR) is 219 cm³/mol. The first-order valence-electron chi connectivity index (χ1n) is 21.4. The summed E-state index contributed by atoms with van der Waals surface area (Å²) in [6.45, 7) is 10.7. The van der Waals surface area contributed by atoms with E-state index in [1.54, 1.807) is 0 Å². The highest BCUT2D eigenvalue weighted by Gasteiger charge is 2.31. The lowest BCUT2D eigenvalue weighted by molar-refractivity contribution is -0.975. The van der Waals surface area contributed by atoms with Gasteiger partial charge in [0.15, 0.2) is 12.5 Å². The number of hydrogen-bond donors (Lipinski definition) is 0. The normalized spacial score (nSPS) is 13.6. The van der Waals surface area contributed by atoms with Crippen molar-refractivity contribution in [2.45, 2.75) is 220 Å². The lowest BCUT2D eigenvalue weighted by Crippen LogP contribution is -2.55. The number of ether oxygens (including phenoxy) is 2. The van der Waals surface area contributed by atoms with Crippen molar-refractivity contribution >= 4 is 10.4 Å². The lowest BCUT2D eigenvalue weighted by atomic mass is 10.1. The van der Waals surface area contributed by atoms with E-state index < -0.39 is 10.4 Å². The second-order valence-electron chi connectivity index (χ2n) is 15.0. The van der Waals surface area contributed by atoms with Gasteiger partial charge >= 0.3 is 0 Å². The van der Waals surface area contributed by atoms with Crippen LogP contribution in [0.1, 0.15) is 207 Å². The molecule has 0 aliphatic carbocycles. The summed E-state index contributed by atoms with van der Waals surface area (Å²) in [6.07, 6.45) is 47.6. The van der Waals surface area contributed by atoms with Crippen molar-refractivity contribution in [1.82, 2.24) is 0 Å². The van der Waals surface area contributed by atoms with Gasteiger partial charge in [-0.2, -0.15) is 0 Å². The highest BCUT2D eigenvalue weighted by atomic mass is 32.3. The summed E-state index contributed by atoms with van der Waals surface area (Å²) < 4.78 is 44.3. The Bertz CT molecular complexity index is 809. The van der Waals surface area contributed by atoms with Crippen LogP contribution in [0.3, 0.4) is 0 Å². The third-order valence-electron chi connectivity index (χ3n) is 10.1. The van der Waals surface area contributed by atoms with Crippen LogP contribution in [0, 0.1) is 0 Å². The maximum atomic E-state index is 9.22. The largest absolute Gasteiger partial charge is 0.726 e. The van der Waals surface area contributed by atoms with Crippen LogP contribution in [0.4, 0.5) is 0 Å². The summed E-state index contributed by atoms with van der Waals surface area (Å²) in [7, 11) is 0.895. The topological polar surface area (TPSA) is 84.9 Å². The Morgan fingerprint density at radius 2 is 0.725 bits per heavy atom. The van der Waals surface area contributed by atoms with E-state index in [1.807, 2.05) is 0 Å². The summed E-state index contributed by atoms with van der Waals surface area (Å²) in [5.41, 5.74) is 0. The van der Waals surface area contributed by atoms with Gasteiger partial charge in [0.2, 0.25) is 10.4 Å². The van der Waals surface area contributed by atoms with Gasteiger partial charge in [-0.15, -0.1) is 0 Å². The molecule has 0 heterocycles. The van der Waals surface area contributed by atoms with Gasteiger partial charge in [0.25, 0.3) is 0 Å². The zero-order valence-electron chi connectivity index (χ0n) is 35.0. The fraction of sp³-hybridized carbons (Fsp3) is 0.907. The maximum Gasteiger partial charge on any atom is 0.217 e. The molecule has 2 atom stereocenters. The Kier molecular flexibility index (Phi) is 40.0. The van der Waals surface area contributed by atoms with Gasteiger partial charge < -0.3 is 14.0 Å². The third-order valence-corrected chi connectivity index (χ3v) is 10.5. The molecule has 0 aromatic heterocycles. The van der Waals surface area contributed by atoms with Crippen LogP contribution in [-0.4, -0.2) is 64.3 Å². The average molecular weight is 746 g/mol. The molecule has 7 nitrogen and oxygen atoms in total. The fourth-order valence-electron chi connectivity index (χ4n) is 5.89. The molecule has 0 bridgehead atoms. The van der Waals surface area contributed by atoms with E-state index in [9.17, 15) is 13.0 Å². The number of unbranched alkanes of at least 4 members (excludes halogenated alkanes) is 24. The first-order chi connectivity index (χ1) is 24.5. The smallest absolute Gasteiger partial charge is 0.217 e. The maximum absolute atomic E-state index is 9.22. The molecule has 0 amide bonds. The molecule has 0 aromatic rings. The van der Waals surface area contributed by atoms with Crippen molar-refractivity contribution in [3.63, 3.8) is 0 Å². The quantitative estimate of drug-likeness (QED) is 0.0157. The van der Waals surface area contributed by atoms with Gasteiger partial charge in [-0.25, -0.2) is 8.42 Å². The van der Waals surface area contributed by atoms with Crippen molar-refractivity contribution in [1.29, 1.82) is 0 Å². The van der Waals surface area contributed by atoms with Crippen molar-refractivity contribution < 1.29 is 31.1 Å². The highest BCUT2D eigenvalue weighted by molar-refractivity contribution is 7.80.